The lowest BCUT2D eigenvalue weighted by Crippen LogP contribution is -2.36. The predicted molar refractivity (Wildman–Crippen MR) is 95.0 cm³/mol. The predicted octanol–water partition coefficient (Wildman–Crippen LogP) is 5.52. The van der Waals surface area contributed by atoms with Crippen molar-refractivity contribution < 1.29 is 4.42 Å². The Balaban J connectivity index is 1.70. The molecule has 3 unspecified atom stereocenters. The molecule has 1 N–H and O–H groups in total. The van der Waals surface area contributed by atoms with Crippen LogP contribution in [0.1, 0.15) is 44.4 Å². The maximum atomic E-state index is 5.99. The molecule has 2 aromatic rings. The number of nitrogens with one attached hydrogen (secondary N) is 1. The van der Waals surface area contributed by atoms with E-state index in [1.165, 1.54) is 31.1 Å². The first-order chi connectivity index (χ1) is 10.2. The molecular formula is C17H22BrNOS. The number of halogens is 1. The smallest absolute Gasteiger partial charge is 0.134 e. The SMILES string of the molecule is CSC1CCCC(NC(C)c2cc3cc(Br)ccc3o2)C1. The van der Waals surface area contributed by atoms with E-state index >= 15 is 0 Å². The van der Waals surface area contributed by atoms with E-state index in [-0.39, 0.29) is 6.04 Å². The number of benzene rings is 1. The van der Waals surface area contributed by atoms with Crippen molar-refractivity contribution in [3.05, 3.63) is 34.5 Å². The summed E-state index contributed by atoms with van der Waals surface area (Å²) in [5, 5.41) is 5.74. The minimum Gasteiger partial charge on any atom is -0.459 e. The Bertz CT molecular complexity index is 612. The molecule has 0 aliphatic heterocycles. The highest BCUT2D eigenvalue weighted by Gasteiger charge is 2.23. The van der Waals surface area contributed by atoms with Crippen LogP contribution in [-0.2, 0) is 0 Å². The van der Waals surface area contributed by atoms with Crippen LogP contribution in [0.5, 0.6) is 0 Å². The van der Waals surface area contributed by atoms with Gasteiger partial charge in [0.1, 0.15) is 11.3 Å². The minimum atomic E-state index is 0.266. The van der Waals surface area contributed by atoms with Crippen LogP contribution >= 0.6 is 27.7 Å². The molecule has 1 saturated carbocycles. The fourth-order valence-electron chi connectivity index (χ4n) is 3.19. The third kappa shape index (κ3) is 3.66. The summed E-state index contributed by atoms with van der Waals surface area (Å²) in [4.78, 5) is 0. The van der Waals surface area contributed by atoms with Gasteiger partial charge in [0.05, 0.1) is 6.04 Å². The van der Waals surface area contributed by atoms with Gasteiger partial charge in [-0.2, -0.15) is 11.8 Å². The van der Waals surface area contributed by atoms with Crippen molar-refractivity contribution in [2.24, 2.45) is 0 Å². The highest BCUT2D eigenvalue weighted by atomic mass is 79.9. The van der Waals surface area contributed by atoms with Crippen LogP contribution in [0.2, 0.25) is 0 Å². The van der Waals surface area contributed by atoms with Crippen LogP contribution in [0.3, 0.4) is 0 Å². The third-order valence-electron chi connectivity index (χ3n) is 4.37. The van der Waals surface area contributed by atoms with E-state index in [1.807, 2.05) is 23.9 Å². The molecule has 1 heterocycles. The summed E-state index contributed by atoms with van der Waals surface area (Å²) in [6.07, 6.45) is 7.49. The molecule has 21 heavy (non-hydrogen) atoms. The van der Waals surface area contributed by atoms with E-state index in [0.717, 1.165) is 21.1 Å². The number of furan rings is 1. The molecule has 1 aromatic heterocycles. The van der Waals surface area contributed by atoms with Gasteiger partial charge in [-0.3, -0.25) is 0 Å². The minimum absolute atomic E-state index is 0.266. The van der Waals surface area contributed by atoms with Crippen molar-refractivity contribution in [2.45, 2.75) is 49.9 Å². The van der Waals surface area contributed by atoms with Gasteiger partial charge in [0.15, 0.2) is 0 Å². The zero-order chi connectivity index (χ0) is 14.8. The van der Waals surface area contributed by atoms with Gasteiger partial charge in [0.25, 0.3) is 0 Å². The average Bonchev–Trinajstić information content (AvgIpc) is 2.90. The molecule has 0 saturated heterocycles. The first kappa shape index (κ1) is 15.4. The molecule has 1 aliphatic rings. The van der Waals surface area contributed by atoms with Crippen molar-refractivity contribution in [3.63, 3.8) is 0 Å². The maximum absolute atomic E-state index is 5.99. The van der Waals surface area contributed by atoms with E-state index in [0.29, 0.717) is 6.04 Å². The van der Waals surface area contributed by atoms with Crippen molar-refractivity contribution in [1.29, 1.82) is 0 Å². The van der Waals surface area contributed by atoms with Gasteiger partial charge < -0.3 is 9.73 Å². The first-order valence-corrected chi connectivity index (χ1v) is 9.71. The monoisotopic (exact) mass is 367 g/mol. The molecule has 1 aliphatic carbocycles. The molecule has 3 atom stereocenters. The van der Waals surface area contributed by atoms with Crippen molar-refractivity contribution >= 4 is 38.7 Å². The molecule has 0 radical (unpaired) electrons. The van der Waals surface area contributed by atoms with E-state index in [4.69, 9.17) is 4.42 Å². The van der Waals surface area contributed by atoms with Crippen LogP contribution < -0.4 is 5.32 Å². The highest BCUT2D eigenvalue weighted by molar-refractivity contribution is 9.10. The molecule has 0 spiro atoms. The molecule has 1 fully saturated rings. The van der Waals surface area contributed by atoms with Crippen LogP contribution in [0, 0.1) is 0 Å². The summed E-state index contributed by atoms with van der Waals surface area (Å²) in [6, 6.07) is 9.21. The Morgan fingerprint density at radius 2 is 2.19 bits per heavy atom. The van der Waals surface area contributed by atoms with Crippen LogP contribution in [0.4, 0.5) is 0 Å². The Labute approximate surface area is 139 Å². The van der Waals surface area contributed by atoms with Crippen LogP contribution in [-0.4, -0.2) is 17.5 Å². The number of rotatable bonds is 4. The van der Waals surface area contributed by atoms with Crippen LogP contribution in [0.25, 0.3) is 11.0 Å². The normalized spacial score (nSPS) is 24.3. The third-order valence-corrected chi connectivity index (χ3v) is 5.96. The Morgan fingerprint density at radius 3 is 3.00 bits per heavy atom. The lowest BCUT2D eigenvalue weighted by atomic mass is 9.94. The zero-order valence-corrected chi connectivity index (χ0v) is 15.0. The second-order valence-corrected chi connectivity index (χ2v) is 7.99. The van der Waals surface area contributed by atoms with Gasteiger partial charge in [-0.1, -0.05) is 22.4 Å². The Kier molecular flexibility index (Phi) is 4.97. The topological polar surface area (TPSA) is 25.2 Å². The zero-order valence-electron chi connectivity index (χ0n) is 12.6. The summed E-state index contributed by atoms with van der Waals surface area (Å²) in [5.74, 6) is 1.04. The van der Waals surface area contributed by atoms with Crippen LogP contribution in [0.15, 0.2) is 33.2 Å². The van der Waals surface area contributed by atoms with Gasteiger partial charge >= 0.3 is 0 Å². The average molecular weight is 368 g/mol. The molecular weight excluding hydrogens is 346 g/mol. The highest BCUT2D eigenvalue weighted by Crippen LogP contribution is 2.30. The first-order valence-electron chi connectivity index (χ1n) is 7.63. The number of hydrogen-bond donors (Lipinski definition) is 1. The summed E-state index contributed by atoms with van der Waals surface area (Å²) >= 11 is 5.52. The molecule has 0 bridgehead atoms. The summed E-state index contributed by atoms with van der Waals surface area (Å²) in [6.45, 7) is 2.20. The standard InChI is InChI=1S/C17H22BrNOS/c1-11(19-14-4-3-5-15(10-14)21-2)17-9-12-8-13(18)6-7-16(12)20-17/h6-9,11,14-15,19H,3-5,10H2,1-2H3. The van der Waals surface area contributed by atoms with Crippen molar-refractivity contribution in [1.82, 2.24) is 5.32 Å². The summed E-state index contributed by atoms with van der Waals surface area (Å²) in [5.41, 5.74) is 0.965. The van der Waals surface area contributed by atoms with Crippen molar-refractivity contribution in [3.8, 4) is 0 Å². The molecule has 1 aromatic carbocycles. The largest absolute Gasteiger partial charge is 0.459 e. The fraction of sp³-hybridized carbons (Fsp3) is 0.529. The molecule has 0 amide bonds. The number of hydrogen-bond acceptors (Lipinski definition) is 3. The molecule has 2 nitrogen and oxygen atoms in total. The van der Waals surface area contributed by atoms with E-state index < -0.39 is 0 Å². The fourth-order valence-corrected chi connectivity index (χ4v) is 4.40. The lowest BCUT2D eigenvalue weighted by molar-refractivity contribution is 0.332. The quantitative estimate of drug-likeness (QED) is 0.769. The molecule has 3 rings (SSSR count). The molecule has 114 valence electrons. The van der Waals surface area contributed by atoms with Gasteiger partial charge in [0.2, 0.25) is 0 Å². The second-order valence-electron chi connectivity index (χ2n) is 5.94. The van der Waals surface area contributed by atoms with E-state index in [9.17, 15) is 0 Å². The Hall–Kier alpha value is -0.450. The second kappa shape index (κ2) is 6.76. The van der Waals surface area contributed by atoms with Gasteiger partial charge in [-0.05, 0) is 56.7 Å². The van der Waals surface area contributed by atoms with E-state index in [2.05, 4.69) is 46.6 Å². The van der Waals surface area contributed by atoms with Gasteiger partial charge in [0, 0.05) is 21.2 Å². The molecule has 4 heteroatoms. The summed E-state index contributed by atoms with van der Waals surface area (Å²) in [7, 11) is 0. The Morgan fingerprint density at radius 1 is 1.33 bits per heavy atom. The van der Waals surface area contributed by atoms with Gasteiger partial charge in [-0.15, -0.1) is 0 Å². The number of fused-ring (bicyclic) bond motifs is 1. The van der Waals surface area contributed by atoms with Crippen molar-refractivity contribution in [2.75, 3.05) is 6.26 Å². The van der Waals surface area contributed by atoms with Gasteiger partial charge in [-0.25, -0.2) is 0 Å². The van der Waals surface area contributed by atoms with E-state index in [1.54, 1.807) is 0 Å². The maximum Gasteiger partial charge on any atom is 0.134 e. The summed E-state index contributed by atoms with van der Waals surface area (Å²) < 4.78 is 7.09. The lowest BCUT2D eigenvalue weighted by Gasteiger charge is -2.30. The number of thioether (sulfide) groups is 1.